The third-order valence-electron chi connectivity index (χ3n) is 5.49. The lowest BCUT2D eigenvalue weighted by molar-refractivity contribution is -0.123. The van der Waals surface area contributed by atoms with Crippen molar-refractivity contribution in [3.8, 4) is 5.00 Å². The summed E-state index contributed by atoms with van der Waals surface area (Å²) in [6.45, 7) is 10.2. The Morgan fingerprint density at radius 2 is 1.97 bits per heavy atom. The lowest BCUT2D eigenvalue weighted by Crippen LogP contribution is -2.43. The van der Waals surface area contributed by atoms with Gasteiger partial charge in [0, 0.05) is 23.0 Å². The SMILES string of the molecule is CCOC(=O)c1cn(-c2ccc(C)s2)nc1N(C(=O)C1CCC(C)CC1)C(C)C. The van der Waals surface area contributed by atoms with Crippen molar-refractivity contribution < 1.29 is 14.3 Å². The monoisotopic (exact) mass is 417 g/mol. The van der Waals surface area contributed by atoms with Gasteiger partial charge >= 0.3 is 5.97 Å². The molecule has 0 unspecified atom stereocenters. The van der Waals surface area contributed by atoms with E-state index in [-0.39, 0.29) is 24.5 Å². The van der Waals surface area contributed by atoms with Gasteiger partial charge in [0.25, 0.3) is 0 Å². The van der Waals surface area contributed by atoms with E-state index in [1.165, 1.54) is 0 Å². The van der Waals surface area contributed by atoms with E-state index in [0.717, 1.165) is 35.6 Å². The maximum absolute atomic E-state index is 13.5. The Kier molecular flexibility index (Phi) is 6.77. The smallest absolute Gasteiger partial charge is 0.343 e. The van der Waals surface area contributed by atoms with Crippen molar-refractivity contribution in [1.29, 1.82) is 0 Å². The first-order chi connectivity index (χ1) is 13.8. The number of thiophene rings is 1. The minimum atomic E-state index is -0.447. The highest BCUT2D eigenvalue weighted by Crippen LogP contribution is 2.33. The molecule has 0 spiro atoms. The fourth-order valence-electron chi connectivity index (χ4n) is 3.86. The number of amides is 1. The van der Waals surface area contributed by atoms with Crippen molar-refractivity contribution in [3.63, 3.8) is 0 Å². The molecule has 2 aromatic heterocycles. The number of ether oxygens (including phenoxy) is 1. The van der Waals surface area contributed by atoms with Crippen molar-refractivity contribution in [2.45, 2.75) is 66.3 Å². The molecule has 0 N–H and O–H groups in total. The highest BCUT2D eigenvalue weighted by molar-refractivity contribution is 7.14. The molecule has 6 nitrogen and oxygen atoms in total. The normalized spacial score (nSPS) is 19.4. The third kappa shape index (κ3) is 4.71. The molecular weight excluding hydrogens is 386 g/mol. The second-order valence-electron chi connectivity index (χ2n) is 8.17. The number of hydrogen-bond acceptors (Lipinski definition) is 5. The predicted octanol–water partition coefficient (Wildman–Crippen LogP) is 4.99. The van der Waals surface area contributed by atoms with Gasteiger partial charge in [-0.3, -0.25) is 9.69 Å². The number of rotatable bonds is 6. The zero-order valence-corrected chi connectivity index (χ0v) is 18.8. The zero-order valence-electron chi connectivity index (χ0n) is 18.0. The summed E-state index contributed by atoms with van der Waals surface area (Å²) in [6.07, 6.45) is 5.60. The number of carbonyl (C=O) groups is 2. The van der Waals surface area contributed by atoms with E-state index in [2.05, 4.69) is 12.0 Å². The van der Waals surface area contributed by atoms with Crippen LogP contribution in [0.15, 0.2) is 18.3 Å². The summed E-state index contributed by atoms with van der Waals surface area (Å²) in [5.41, 5.74) is 0.337. The Hall–Kier alpha value is -2.15. The molecule has 0 radical (unpaired) electrons. The van der Waals surface area contributed by atoms with Crippen LogP contribution in [0.3, 0.4) is 0 Å². The fourth-order valence-corrected chi connectivity index (χ4v) is 4.65. The number of anilines is 1. The number of aromatic nitrogens is 2. The molecule has 1 fully saturated rings. The van der Waals surface area contributed by atoms with Gasteiger partial charge in [-0.1, -0.05) is 6.92 Å². The number of carbonyl (C=O) groups excluding carboxylic acids is 2. The summed E-state index contributed by atoms with van der Waals surface area (Å²) in [7, 11) is 0. The lowest BCUT2D eigenvalue weighted by Gasteiger charge is -2.32. The van der Waals surface area contributed by atoms with Crippen LogP contribution in [-0.4, -0.2) is 34.3 Å². The van der Waals surface area contributed by atoms with Crippen LogP contribution in [0.25, 0.3) is 5.00 Å². The first kappa shape index (κ1) is 21.6. The highest BCUT2D eigenvalue weighted by Gasteiger charge is 2.34. The lowest BCUT2D eigenvalue weighted by atomic mass is 9.82. The molecule has 1 aliphatic carbocycles. The van der Waals surface area contributed by atoms with Gasteiger partial charge in [0.15, 0.2) is 5.82 Å². The Morgan fingerprint density at radius 3 is 2.52 bits per heavy atom. The molecule has 0 atom stereocenters. The van der Waals surface area contributed by atoms with Crippen LogP contribution < -0.4 is 4.90 Å². The van der Waals surface area contributed by atoms with Crippen LogP contribution in [0.4, 0.5) is 5.82 Å². The summed E-state index contributed by atoms with van der Waals surface area (Å²) in [4.78, 5) is 29.0. The van der Waals surface area contributed by atoms with Crippen molar-refractivity contribution >= 4 is 29.0 Å². The maximum Gasteiger partial charge on any atom is 0.343 e. The summed E-state index contributed by atoms with van der Waals surface area (Å²) in [5.74, 6) is 0.664. The molecule has 2 heterocycles. The van der Waals surface area contributed by atoms with Crippen molar-refractivity contribution in [3.05, 3.63) is 28.8 Å². The average Bonchev–Trinajstić information content (AvgIpc) is 3.29. The van der Waals surface area contributed by atoms with E-state index in [1.54, 1.807) is 34.0 Å². The van der Waals surface area contributed by atoms with Crippen molar-refractivity contribution in [1.82, 2.24) is 9.78 Å². The van der Waals surface area contributed by atoms with E-state index < -0.39 is 5.97 Å². The molecule has 1 amide bonds. The summed E-state index contributed by atoms with van der Waals surface area (Å²) in [6, 6.07) is 3.87. The van der Waals surface area contributed by atoms with Gasteiger partial charge < -0.3 is 4.74 Å². The Morgan fingerprint density at radius 1 is 1.28 bits per heavy atom. The van der Waals surface area contributed by atoms with E-state index in [9.17, 15) is 9.59 Å². The summed E-state index contributed by atoms with van der Waals surface area (Å²) >= 11 is 1.59. The minimum Gasteiger partial charge on any atom is -0.462 e. The first-order valence-corrected chi connectivity index (χ1v) is 11.3. The number of esters is 1. The highest BCUT2D eigenvalue weighted by atomic mass is 32.1. The van der Waals surface area contributed by atoms with E-state index in [0.29, 0.717) is 17.3 Å². The minimum absolute atomic E-state index is 0.0159. The average molecular weight is 418 g/mol. The Balaban J connectivity index is 2.00. The molecule has 0 bridgehead atoms. The van der Waals surface area contributed by atoms with Gasteiger partial charge in [-0.2, -0.15) is 0 Å². The standard InChI is InChI=1S/C22H31N3O3S/c1-6-28-22(27)18-13-24(19-12-9-16(5)29-19)23-20(18)25(14(2)3)21(26)17-10-7-15(4)8-11-17/h9,12-15,17H,6-8,10-11H2,1-5H3. The molecule has 0 aliphatic heterocycles. The summed E-state index contributed by atoms with van der Waals surface area (Å²) in [5, 5.41) is 5.59. The van der Waals surface area contributed by atoms with E-state index in [1.807, 2.05) is 32.9 Å². The molecule has 158 valence electrons. The van der Waals surface area contributed by atoms with Gasteiger partial charge in [0.2, 0.25) is 5.91 Å². The van der Waals surface area contributed by atoms with Crippen LogP contribution in [-0.2, 0) is 9.53 Å². The molecule has 29 heavy (non-hydrogen) atoms. The number of aryl methyl sites for hydroxylation is 1. The van der Waals surface area contributed by atoms with Gasteiger partial charge in [-0.15, -0.1) is 16.4 Å². The van der Waals surface area contributed by atoms with E-state index in [4.69, 9.17) is 4.74 Å². The molecule has 1 saturated carbocycles. The Labute approximate surface area is 176 Å². The van der Waals surface area contributed by atoms with E-state index >= 15 is 0 Å². The Bertz CT molecular complexity index is 863. The third-order valence-corrected chi connectivity index (χ3v) is 6.48. The van der Waals surface area contributed by atoms with Crippen LogP contribution in [0.2, 0.25) is 0 Å². The zero-order chi connectivity index (χ0) is 21.1. The molecular formula is C22H31N3O3S. The largest absolute Gasteiger partial charge is 0.462 e. The molecule has 3 rings (SSSR count). The van der Waals surface area contributed by atoms with Crippen LogP contribution in [0.5, 0.6) is 0 Å². The quantitative estimate of drug-likeness (QED) is 0.621. The van der Waals surface area contributed by atoms with Crippen molar-refractivity contribution in [2.75, 3.05) is 11.5 Å². The van der Waals surface area contributed by atoms with Gasteiger partial charge in [0.05, 0.1) is 6.61 Å². The van der Waals surface area contributed by atoms with Crippen LogP contribution in [0.1, 0.15) is 68.6 Å². The fraction of sp³-hybridized carbons (Fsp3) is 0.591. The topological polar surface area (TPSA) is 64.4 Å². The van der Waals surface area contributed by atoms with Crippen LogP contribution >= 0.6 is 11.3 Å². The number of hydrogen-bond donors (Lipinski definition) is 0. The second kappa shape index (κ2) is 9.11. The second-order valence-corrected chi connectivity index (χ2v) is 9.44. The van der Waals surface area contributed by atoms with Crippen molar-refractivity contribution in [2.24, 2.45) is 11.8 Å². The van der Waals surface area contributed by atoms with Gasteiger partial charge in [0.1, 0.15) is 10.6 Å². The summed E-state index contributed by atoms with van der Waals surface area (Å²) < 4.78 is 6.95. The molecule has 7 heteroatoms. The molecule has 0 aromatic carbocycles. The number of nitrogens with zero attached hydrogens (tertiary/aromatic N) is 3. The maximum atomic E-state index is 13.5. The molecule has 0 saturated heterocycles. The molecule has 2 aromatic rings. The molecule has 1 aliphatic rings. The van der Waals surface area contributed by atoms with Gasteiger partial charge in [-0.05, 0) is 71.4 Å². The first-order valence-electron chi connectivity index (χ1n) is 10.5. The van der Waals surface area contributed by atoms with Gasteiger partial charge in [-0.25, -0.2) is 9.48 Å². The predicted molar refractivity (Wildman–Crippen MR) is 116 cm³/mol. The van der Waals surface area contributed by atoms with Crippen LogP contribution in [0, 0.1) is 18.8 Å².